The number of carbonyl (C=O) groups is 1. The van der Waals surface area contributed by atoms with Crippen molar-refractivity contribution in [3.63, 3.8) is 0 Å². The number of fused-ring (bicyclic) bond motifs is 1. The van der Waals surface area contributed by atoms with E-state index in [2.05, 4.69) is 10.3 Å². The monoisotopic (exact) mass is 443 g/mol. The number of nitrogens with zero attached hydrogens (tertiary/aromatic N) is 1. The third kappa shape index (κ3) is 4.66. The van der Waals surface area contributed by atoms with Crippen molar-refractivity contribution in [2.45, 2.75) is 17.5 Å². The van der Waals surface area contributed by atoms with Crippen LogP contribution in [0.4, 0.5) is 18.9 Å². The van der Waals surface area contributed by atoms with Crippen LogP contribution in [0.25, 0.3) is 10.8 Å². The van der Waals surface area contributed by atoms with Crippen LogP contribution in [0.15, 0.2) is 53.7 Å². The second kappa shape index (κ2) is 7.62. The van der Waals surface area contributed by atoms with E-state index in [4.69, 9.17) is 16.7 Å². The van der Waals surface area contributed by atoms with Crippen LogP contribution in [-0.2, 0) is 27.4 Å². The Balaban J connectivity index is 2.08. The number of aromatic nitrogens is 1. The van der Waals surface area contributed by atoms with Crippen molar-refractivity contribution in [2.75, 3.05) is 5.32 Å². The van der Waals surface area contributed by atoms with Gasteiger partial charge in [-0.2, -0.15) is 13.2 Å². The van der Waals surface area contributed by atoms with E-state index in [1.165, 1.54) is 0 Å². The van der Waals surface area contributed by atoms with Crippen LogP contribution in [0.5, 0.6) is 0 Å². The lowest BCUT2D eigenvalue weighted by molar-refractivity contribution is -0.136. The molecule has 0 aliphatic rings. The number of hydrogen-bond acceptors (Lipinski definition) is 4. The van der Waals surface area contributed by atoms with E-state index >= 15 is 0 Å². The van der Waals surface area contributed by atoms with Crippen LogP contribution in [0.1, 0.15) is 11.1 Å². The molecule has 0 bridgehead atoms. The highest BCUT2D eigenvalue weighted by atomic mass is 35.5. The molecule has 0 aliphatic carbocycles. The maximum Gasteiger partial charge on any atom is 0.418 e. The largest absolute Gasteiger partial charge is 0.418 e. The number of benzene rings is 2. The maximum atomic E-state index is 13.3. The van der Waals surface area contributed by atoms with Crippen molar-refractivity contribution in [3.05, 3.63) is 64.9 Å². The molecule has 3 aromatic rings. The first kappa shape index (κ1) is 21.0. The van der Waals surface area contributed by atoms with Crippen molar-refractivity contribution >= 4 is 44.0 Å². The quantitative estimate of drug-likeness (QED) is 0.641. The number of nitrogens with two attached hydrogens (primary N) is 1. The fourth-order valence-corrected chi connectivity index (χ4v) is 3.75. The number of nitrogens with one attached hydrogen (secondary N) is 1. The number of anilines is 1. The maximum absolute atomic E-state index is 13.3. The highest BCUT2D eigenvalue weighted by Gasteiger charge is 2.34. The Labute approximate surface area is 168 Å². The highest BCUT2D eigenvalue weighted by Crippen LogP contribution is 2.37. The average molecular weight is 444 g/mol. The number of halogens is 4. The molecule has 6 nitrogen and oxygen atoms in total. The van der Waals surface area contributed by atoms with E-state index in [1.807, 2.05) is 0 Å². The Morgan fingerprint density at radius 3 is 2.45 bits per heavy atom. The lowest BCUT2D eigenvalue weighted by atomic mass is 10.1. The van der Waals surface area contributed by atoms with Crippen LogP contribution < -0.4 is 10.5 Å². The van der Waals surface area contributed by atoms with Gasteiger partial charge in [0.15, 0.2) is 0 Å². The van der Waals surface area contributed by atoms with Gasteiger partial charge in [-0.25, -0.2) is 13.6 Å². The SMILES string of the molecule is NS(=O)(=O)c1cc(NC(=O)Cc2ccccc2Cl)cc2c(C(F)(F)F)cncc12. The summed E-state index contributed by atoms with van der Waals surface area (Å²) in [5.41, 5.74) is -0.809. The van der Waals surface area contributed by atoms with Crippen LogP contribution in [-0.4, -0.2) is 19.3 Å². The van der Waals surface area contributed by atoms with E-state index in [1.54, 1.807) is 24.3 Å². The molecule has 1 aromatic heterocycles. The Hall–Kier alpha value is -2.69. The lowest BCUT2D eigenvalue weighted by Crippen LogP contribution is -2.17. The van der Waals surface area contributed by atoms with Gasteiger partial charge >= 0.3 is 6.18 Å². The van der Waals surface area contributed by atoms with Gasteiger partial charge in [-0.1, -0.05) is 29.8 Å². The van der Waals surface area contributed by atoms with Gasteiger partial charge < -0.3 is 5.32 Å². The molecule has 0 unspecified atom stereocenters. The van der Waals surface area contributed by atoms with Crippen molar-refractivity contribution in [3.8, 4) is 0 Å². The molecule has 11 heteroatoms. The van der Waals surface area contributed by atoms with E-state index < -0.39 is 38.0 Å². The van der Waals surface area contributed by atoms with Crippen molar-refractivity contribution in [1.29, 1.82) is 0 Å². The molecule has 0 saturated heterocycles. The summed E-state index contributed by atoms with van der Waals surface area (Å²) in [6, 6.07) is 8.57. The molecule has 0 radical (unpaired) electrons. The molecular formula is C18H13ClF3N3O3S. The number of alkyl halides is 3. The summed E-state index contributed by atoms with van der Waals surface area (Å²) >= 11 is 6.00. The third-order valence-electron chi connectivity index (χ3n) is 4.04. The molecule has 1 amide bonds. The summed E-state index contributed by atoms with van der Waals surface area (Å²) in [4.78, 5) is 15.2. The fraction of sp³-hybridized carbons (Fsp3) is 0.111. The number of rotatable bonds is 4. The van der Waals surface area contributed by atoms with Crippen molar-refractivity contribution in [2.24, 2.45) is 5.14 Å². The van der Waals surface area contributed by atoms with Gasteiger partial charge in [0.25, 0.3) is 0 Å². The standard InChI is InChI=1S/C18H13ClF3N3O3S/c19-15-4-2-1-3-10(15)5-17(26)25-11-6-12-13(16(7-11)29(23,27)28)8-24-9-14(12)18(20,21)22/h1-4,6-9H,5H2,(H,25,26)(H2,23,27,28). The van der Waals surface area contributed by atoms with Gasteiger partial charge in [-0.05, 0) is 23.8 Å². The molecule has 0 aliphatic heterocycles. The lowest BCUT2D eigenvalue weighted by Gasteiger charge is -2.14. The number of primary sulfonamides is 1. The molecule has 2 aromatic carbocycles. The molecule has 0 saturated carbocycles. The first-order valence-electron chi connectivity index (χ1n) is 8.02. The predicted octanol–water partition coefficient (Wildman–Crippen LogP) is 3.74. The number of hydrogen-bond donors (Lipinski definition) is 2. The Bertz CT molecular complexity index is 1210. The summed E-state index contributed by atoms with van der Waals surface area (Å²) in [5.74, 6) is -0.597. The number of pyridine rings is 1. The minimum absolute atomic E-state index is 0.157. The fourth-order valence-electron chi connectivity index (χ4n) is 2.79. The second-order valence-electron chi connectivity index (χ2n) is 6.12. The highest BCUT2D eigenvalue weighted by molar-refractivity contribution is 7.89. The summed E-state index contributed by atoms with van der Waals surface area (Å²) in [5, 5.41) is 7.15. The summed E-state index contributed by atoms with van der Waals surface area (Å²) in [6.45, 7) is 0. The first-order valence-corrected chi connectivity index (χ1v) is 9.94. The summed E-state index contributed by atoms with van der Waals surface area (Å²) in [6.07, 6.45) is -3.41. The molecule has 1 heterocycles. The normalized spacial score (nSPS) is 12.2. The van der Waals surface area contributed by atoms with Gasteiger partial charge in [0.1, 0.15) is 0 Å². The van der Waals surface area contributed by atoms with Crippen molar-refractivity contribution in [1.82, 2.24) is 4.98 Å². The zero-order valence-electron chi connectivity index (χ0n) is 14.5. The molecule has 3 rings (SSSR count). The van der Waals surface area contributed by atoms with Gasteiger partial charge in [-0.15, -0.1) is 0 Å². The number of carbonyl (C=O) groups excluding carboxylic acids is 1. The zero-order chi connectivity index (χ0) is 21.4. The van der Waals surface area contributed by atoms with Crippen LogP contribution in [0, 0.1) is 0 Å². The first-order chi connectivity index (χ1) is 13.5. The summed E-state index contributed by atoms with van der Waals surface area (Å²) < 4.78 is 63.9. The van der Waals surface area contributed by atoms with Crippen LogP contribution in [0.3, 0.4) is 0 Å². The minimum Gasteiger partial charge on any atom is -0.326 e. The van der Waals surface area contributed by atoms with Gasteiger partial charge in [0, 0.05) is 33.9 Å². The zero-order valence-corrected chi connectivity index (χ0v) is 16.1. The smallest absolute Gasteiger partial charge is 0.326 e. The topological polar surface area (TPSA) is 102 Å². The number of amides is 1. The van der Waals surface area contributed by atoms with E-state index in [0.29, 0.717) is 16.8 Å². The van der Waals surface area contributed by atoms with Crippen LogP contribution in [0.2, 0.25) is 5.02 Å². The second-order valence-corrected chi connectivity index (χ2v) is 8.05. The molecular weight excluding hydrogens is 431 g/mol. The molecule has 3 N–H and O–H groups in total. The molecule has 0 atom stereocenters. The Kier molecular flexibility index (Phi) is 5.52. The van der Waals surface area contributed by atoms with E-state index in [0.717, 1.165) is 18.3 Å². The molecule has 0 spiro atoms. The Morgan fingerprint density at radius 2 is 1.83 bits per heavy atom. The third-order valence-corrected chi connectivity index (χ3v) is 5.36. The van der Waals surface area contributed by atoms with Gasteiger partial charge in [-0.3, -0.25) is 9.78 Å². The van der Waals surface area contributed by atoms with E-state index in [9.17, 15) is 26.4 Å². The number of sulfonamides is 1. The molecule has 0 fully saturated rings. The average Bonchev–Trinajstić information content (AvgIpc) is 2.61. The van der Waals surface area contributed by atoms with E-state index in [-0.39, 0.29) is 17.5 Å². The van der Waals surface area contributed by atoms with Crippen LogP contribution >= 0.6 is 11.6 Å². The summed E-state index contributed by atoms with van der Waals surface area (Å²) in [7, 11) is -4.40. The van der Waals surface area contributed by atoms with Crippen molar-refractivity contribution < 1.29 is 26.4 Å². The molecule has 29 heavy (non-hydrogen) atoms. The molecule has 152 valence electrons. The Morgan fingerprint density at radius 1 is 1.14 bits per heavy atom. The van der Waals surface area contributed by atoms with Gasteiger partial charge in [0.2, 0.25) is 15.9 Å². The predicted molar refractivity (Wildman–Crippen MR) is 102 cm³/mol. The van der Waals surface area contributed by atoms with Gasteiger partial charge in [0.05, 0.1) is 16.9 Å². The minimum atomic E-state index is -4.79.